The Hall–Kier alpha value is -1.59. The molecule has 1 aliphatic rings. The van der Waals surface area contributed by atoms with Crippen molar-refractivity contribution in [3.05, 3.63) is 29.8 Å². The Morgan fingerprint density at radius 1 is 1.26 bits per heavy atom. The van der Waals surface area contributed by atoms with Gasteiger partial charge in [0.05, 0.1) is 6.61 Å². The van der Waals surface area contributed by atoms with Gasteiger partial charge < -0.3 is 19.9 Å². The zero-order valence-electron chi connectivity index (χ0n) is 14.5. The van der Waals surface area contributed by atoms with E-state index in [2.05, 4.69) is 10.2 Å². The summed E-state index contributed by atoms with van der Waals surface area (Å²) < 4.78 is 5.12. The van der Waals surface area contributed by atoms with Crippen molar-refractivity contribution in [1.82, 2.24) is 10.2 Å². The Morgan fingerprint density at radius 3 is 2.48 bits per heavy atom. The number of hydrogen-bond donors (Lipinski definition) is 1. The summed E-state index contributed by atoms with van der Waals surface area (Å²) >= 11 is 0. The molecule has 2 rings (SSSR count). The van der Waals surface area contributed by atoms with Crippen LogP contribution in [0.3, 0.4) is 0 Å². The van der Waals surface area contributed by atoms with Crippen molar-refractivity contribution in [3.63, 3.8) is 0 Å². The van der Waals surface area contributed by atoms with Gasteiger partial charge in [0.25, 0.3) is 5.91 Å². The highest BCUT2D eigenvalue weighted by atomic mass is 16.5. The minimum Gasteiger partial charge on any atom is -0.383 e. The van der Waals surface area contributed by atoms with Gasteiger partial charge in [-0.2, -0.15) is 0 Å². The molecular weight excluding hydrogens is 290 g/mol. The monoisotopic (exact) mass is 319 g/mol. The molecule has 1 aromatic rings. The van der Waals surface area contributed by atoms with Crippen molar-refractivity contribution in [2.24, 2.45) is 5.92 Å². The number of rotatable bonds is 7. The van der Waals surface area contributed by atoms with Crippen LogP contribution in [0.5, 0.6) is 0 Å². The summed E-state index contributed by atoms with van der Waals surface area (Å²) in [5, 5.41) is 3.08. The average Bonchev–Trinajstić information content (AvgIpc) is 2.58. The number of hydrogen-bond acceptors (Lipinski definition) is 4. The molecule has 1 saturated heterocycles. The van der Waals surface area contributed by atoms with E-state index in [1.54, 1.807) is 7.11 Å². The van der Waals surface area contributed by atoms with Crippen molar-refractivity contribution in [2.45, 2.75) is 12.8 Å². The summed E-state index contributed by atoms with van der Waals surface area (Å²) in [5.41, 5.74) is 1.83. The fourth-order valence-corrected chi connectivity index (χ4v) is 2.88. The molecule has 1 aromatic carbocycles. The molecule has 0 unspecified atom stereocenters. The Labute approximate surface area is 139 Å². The minimum absolute atomic E-state index is 0.0251. The molecule has 0 aliphatic carbocycles. The summed E-state index contributed by atoms with van der Waals surface area (Å²) in [4.78, 5) is 16.7. The lowest BCUT2D eigenvalue weighted by atomic mass is 9.96. The van der Waals surface area contributed by atoms with E-state index in [1.165, 1.54) is 0 Å². The van der Waals surface area contributed by atoms with E-state index < -0.39 is 0 Å². The van der Waals surface area contributed by atoms with Gasteiger partial charge in [-0.15, -0.1) is 0 Å². The van der Waals surface area contributed by atoms with Gasteiger partial charge in [-0.05, 0) is 56.1 Å². The van der Waals surface area contributed by atoms with E-state index in [0.717, 1.165) is 56.9 Å². The summed E-state index contributed by atoms with van der Waals surface area (Å²) in [6.07, 6.45) is 2.28. The van der Waals surface area contributed by atoms with Crippen molar-refractivity contribution in [1.29, 1.82) is 0 Å². The number of piperidine rings is 1. The van der Waals surface area contributed by atoms with Gasteiger partial charge >= 0.3 is 0 Å². The van der Waals surface area contributed by atoms with Gasteiger partial charge in [-0.25, -0.2) is 0 Å². The van der Waals surface area contributed by atoms with Crippen LogP contribution in [0.1, 0.15) is 23.2 Å². The fourth-order valence-electron chi connectivity index (χ4n) is 2.88. The minimum atomic E-state index is 0.0251. The molecule has 0 atom stereocenters. The van der Waals surface area contributed by atoms with E-state index in [-0.39, 0.29) is 5.91 Å². The topological polar surface area (TPSA) is 44.8 Å². The van der Waals surface area contributed by atoms with E-state index in [0.29, 0.717) is 5.92 Å². The molecular formula is C18H29N3O2. The maximum Gasteiger partial charge on any atom is 0.251 e. The van der Waals surface area contributed by atoms with Gasteiger partial charge in [-0.1, -0.05) is 0 Å². The van der Waals surface area contributed by atoms with Crippen molar-refractivity contribution < 1.29 is 9.53 Å². The van der Waals surface area contributed by atoms with E-state index in [9.17, 15) is 4.79 Å². The first kappa shape index (κ1) is 17.8. The van der Waals surface area contributed by atoms with E-state index in [4.69, 9.17) is 4.74 Å². The Morgan fingerprint density at radius 2 is 1.91 bits per heavy atom. The number of amides is 1. The number of ether oxygens (including phenoxy) is 1. The second kappa shape index (κ2) is 8.89. The van der Waals surface area contributed by atoms with Gasteiger partial charge in [0.2, 0.25) is 0 Å². The number of anilines is 1. The van der Waals surface area contributed by atoms with Gasteiger partial charge in [0.1, 0.15) is 0 Å². The Balaban J connectivity index is 1.72. The second-order valence-corrected chi connectivity index (χ2v) is 6.43. The lowest BCUT2D eigenvalue weighted by Crippen LogP contribution is -2.39. The molecule has 0 bridgehead atoms. The van der Waals surface area contributed by atoms with Crippen LogP contribution in [0.25, 0.3) is 0 Å². The molecule has 5 nitrogen and oxygen atoms in total. The van der Waals surface area contributed by atoms with E-state index in [1.807, 2.05) is 43.3 Å². The number of nitrogens with one attached hydrogen (secondary N) is 1. The van der Waals surface area contributed by atoms with Crippen LogP contribution < -0.4 is 10.2 Å². The maximum absolute atomic E-state index is 12.2. The quantitative estimate of drug-likeness (QED) is 0.833. The summed E-state index contributed by atoms with van der Waals surface area (Å²) in [5.74, 6) is 0.607. The lowest BCUT2D eigenvalue weighted by molar-refractivity contribution is 0.0926. The first-order valence-electron chi connectivity index (χ1n) is 8.37. The van der Waals surface area contributed by atoms with Crippen LogP contribution in [-0.4, -0.2) is 64.8 Å². The molecule has 5 heteroatoms. The van der Waals surface area contributed by atoms with Crippen LogP contribution in [0.15, 0.2) is 24.3 Å². The van der Waals surface area contributed by atoms with Crippen molar-refractivity contribution in [2.75, 3.05) is 58.9 Å². The molecule has 1 N–H and O–H groups in total. The molecule has 1 fully saturated rings. The molecule has 0 aromatic heterocycles. The van der Waals surface area contributed by atoms with Crippen LogP contribution in [0, 0.1) is 5.92 Å². The molecule has 128 valence electrons. The van der Waals surface area contributed by atoms with Crippen molar-refractivity contribution >= 4 is 11.6 Å². The number of carbonyl (C=O) groups is 1. The molecule has 1 amide bonds. The summed E-state index contributed by atoms with van der Waals surface area (Å²) in [6.45, 7) is 4.77. The molecule has 1 heterocycles. The number of nitrogens with zero attached hydrogens (tertiary/aromatic N) is 2. The highest BCUT2D eigenvalue weighted by Gasteiger charge is 2.19. The predicted octanol–water partition coefficient (Wildman–Crippen LogP) is 1.84. The van der Waals surface area contributed by atoms with Crippen molar-refractivity contribution in [3.8, 4) is 0 Å². The standard InChI is InChI=1S/C18H29N3O2/c1-20(2)17-6-4-16(5-7-17)18(22)19-14-15-8-10-21(11-9-15)12-13-23-3/h4-7,15H,8-14H2,1-3H3,(H,19,22). The SMILES string of the molecule is COCCN1CCC(CNC(=O)c2ccc(N(C)C)cc2)CC1. The zero-order valence-corrected chi connectivity index (χ0v) is 14.5. The number of likely N-dealkylation sites (tertiary alicyclic amines) is 1. The van der Waals surface area contributed by atoms with Gasteiger partial charge in [0.15, 0.2) is 0 Å². The lowest BCUT2D eigenvalue weighted by Gasteiger charge is -2.31. The highest BCUT2D eigenvalue weighted by Crippen LogP contribution is 2.17. The number of benzene rings is 1. The third-order valence-electron chi connectivity index (χ3n) is 4.52. The molecule has 0 radical (unpaired) electrons. The van der Waals surface area contributed by atoms with E-state index >= 15 is 0 Å². The van der Waals surface area contributed by atoms with Gasteiger partial charge in [0, 0.05) is 45.5 Å². The molecule has 0 spiro atoms. The molecule has 1 aliphatic heterocycles. The van der Waals surface area contributed by atoms with Crippen LogP contribution in [0.2, 0.25) is 0 Å². The maximum atomic E-state index is 12.2. The Bertz CT molecular complexity index is 480. The summed E-state index contributed by atoms with van der Waals surface area (Å²) in [7, 11) is 5.73. The predicted molar refractivity (Wildman–Crippen MR) is 94.1 cm³/mol. The molecule has 0 saturated carbocycles. The number of carbonyl (C=O) groups excluding carboxylic acids is 1. The number of methoxy groups -OCH3 is 1. The summed E-state index contributed by atoms with van der Waals surface area (Å²) in [6, 6.07) is 7.72. The van der Waals surface area contributed by atoms with Crippen LogP contribution >= 0.6 is 0 Å². The smallest absolute Gasteiger partial charge is 0.251 e. The first-order chi connectivity index (χ1) is 11.1. The first-order valence-corrected chi connectivity index (χ1v) is 8.37. The average molecular weight is 319 g/mol. The largest absolute Gasteiger partial charge is 0.383 e. The Kier molecular flexibility index (Phi) is 6.86. The van der Waals surface area contributed by atoms with Crippen LogP contribution in [-0.2, 0) is 4.74 Å². The second-order valence-electron chi connectivity index (χ2n) is 6.43. The zero-order chi connectivity index (χ0) is 16.7. The fraction of sp³-hybridized carbons (Fsp3) is 0.611. The van der Waals surface area contributed by atoms with Gasteiger partial charge in [-0.3, -0.25) is 4.79 Å². The third kappa shape index (κ3) is 5.52. The normalized spacial score (nSPS) is 16.3. The highest BCUT2D eigenvalue weighted by molar-refractivity contribution is 5.94. The third-order valence-corrected chi connectivity index (χ3v) is 4.52. The molecule has 23 heavy (non-hydrogen) atoms. The van der Waals surface area contributed by atoms with Crippen LogP contribution in [0.4, 0.5) is 5.69 Å².